The zero-order valence-corrected chi connectivity index (χ0v) is 49.4. The molecule has 1 fully saturated rings. The monoisotopic (exact) mass is 1000 g/mol. The summed E-state index contributed by atoms with van der Waals surface area (Å²) in [5.41, 5.74) is -0.499. The summed E-state index contributed by atoms with van der Waals surface area (Å²) in [7, 11) is 2.18. The number of likely N-dealkylation sites (N-methyl/N-ethyl adjacent to an activating group) is 1. The van der Waals surface area contributed by atoms with Crippen LogP contribution in [0.5, 0.6) is 0 Å². The van der Waals surface area contributed by atoms with Gasteiger partial charge in [0.1, 0.15) is 6.61 Å². The Balaban J connectivity index is 2.60. The molecule has 71 heavy (non-hydrogen) atoms. The second-order valence-electron chi connectivity index (χ2n) is 24.5. The maximum atomic E-state index is 13.3. The summed E-state index contributed by atoms with van der Waals surface area (Å²) < 4.78 is 25.7. The van der Waals surface area contributed by atoms with Gasteiger partial charge in [0.25, 0.3) is 0 Å². The van der Waals surface area contributed by atoms with Gasteiger partial charge in [-0.15, -0.1) is 0 Å². The molecule has 0 aliphatic carbocycles. The van der Waals surface area contributed by atoms with Crippen molar-refractivity contribution in [2.75, 3.05) is 86.0 Å². The molecule has 0 spiro atoms. The standard InChI is InChI=1S/C64H128N2O5/c1-60(2)44-38-32-26-20-14-8-11-17-23-29-35-41-53-68-56-64(59-71-63(67)47-48-66-51-49-65(7)50-52-66,57-69-54-42-36-30-24-18-12-9-15-21-27-33-39-45-61(3)4)58-70-55-43-37-31-25-19-13-10-16-22-28-34-40-46-62(5)6/h60-62H,8-59H2,1-7H3. The van der Waals surface area contributed by atoms with E-state index in [2.05, 4.69) is 58.4 Å². The molecule has 0 saturated carbocycles. The quantitative estimate of drug-likeness (QED) is 0.0444. The van der Waals surface area contributed by atoms with E-state index in [4.69, 9.17) is 18.9 Å². The van der Waals surface area contributed by atoms with Crippen LogP contribution in [0.2, 0.25) is 0 Å². The van der Waals surface area contributed by atoms with Crippen LogP contribution in [0.25, 0.3) is 0 Å². The molecule has 0 atom stereocenters. The Hall–Kier alpha value is -0.730. The van der Waals surface area contributed by atoms with Crippen LogP contribution in [0.4, 0.5) is 0 Å². The smallest absolute Gasteiger partial charge is 0.307 e. The number of carbonyl (C=O) groups is 1. The van der Waals surface area contributed by atoms with Gasteiger partial charge in [0.05, 0.1) is 31.7 Å². The molecular formula is C64H128N2O5. The van der Waals surface area contributed by atoms with Crippen LogP contribution in [0, 0.1) is 23.2 Å². The van der Waals surface area contributed by atoms with Gasteiger partial charge >= 0.3 is 5.97 Å². The maximum absolute atomic E-state index is 13.3. The zero-order valence-electron chi connectivity index (χ0n) is 49.4. The number of unbranched alkanes of at least 4 members (excludes halogenated alkanes) is 33. The van der Waals surface area contributed by atoms with Gasteiger partial charge in [-0.05, 0) is 44.1 Å². The van der Waals surface area contributed by atoms with Gasteiger partial charge in [0.15, 0.2) is 0 Å². The molecule has 7 nitrogen and oxygen atoms in total. The Bertz CT molecular complexity index is 979. The Morgan fingerprint density at radius 3 is 0.887 bits per heavy atom. The minimum Gasteiger partial charge on any atom is -0.465 e. The van der Waals surface area contributed by atoms with E-state index in [-0.39, 0.29) is 5.97 Å². The average Bonchev–Trinajstić information content (AvgIpc) is 3.34. The number of esters is 1. The summed E-state index contributed by atoms with van der Waals surface area (Å²) in [4.78, 5) is 18.1. The molecule has 1 heterocycles. The van der Waals surface area contributed by atoms with E-state index in [1.54, 1.807) is 0 Å². The van der Waals surface area contributed by atoms with Crippen molar-refractivity contribution in [1.29, 1.82) is 0 Å². The van der Waals surface area contributed by atoms with Crippen LogP contribution in [0.3, 0.4) is 0 Å². The van der Waals surface area contributed by atoms with E-state index < -0.39 is 5.41 Å². The fourth-order valence-electron chi connectivity index (χ4n) is 10.3. The van der Waals surface area contributed by atoms with E-state index >= 15 is 0 Å². The highest BCUT2D eigenvalue weighted by molar-refractivity contribution is 5.69. The summed E-state index contributed by atoms with van der Waals surface area (Å²) in [6, 6.07) is 0. The van der Waals surface area contributed by atoms with Gasteiger partial charge in [-0.2, -0.15) is 0 Å². The number of ether oxygens (including phenoxy) is 4. The fourth-order valence-corrected chi connectivity index (χ4v) is 10.3. The van der Waals surface area contributed by atoms with E-state index in [0.29, 0.717) is 32.8 Å². The highest BCUT2D eigenvalue weighted by Crippen LogP contribution is 2.24. The first-order valence-electron chi connectivity index (χ1n) is 31.9. The van der Waals surface area contributed by atoms with Gasteiger partial charge in [0, 0.05) is 52.5 Å². The number of carbonyl (C=O) groups excluding carboxylic acids is 1. The van der Waals surface area contributed by atoms with Crippen LogP contribution in [0.1, 0.15) is 298 Å². The number of piperazine rings is 1. The van der Waals surface area contributed by atoms with E-state index in [0.717, 1.165) is 89.6 Å². The molecule has 0 amide bonds. The van der Waals surface area contributed by atoms with Crippen molar-refractivity contribution in [3.8, 4) is 0 Å². The number of hydrogen-bond acceptors (Lipinski definition) is 7. The van der Waals surface area contributed by atoms with Crippen molar-refractivity contribution in [2.24, 2.45) is 23.2 Å². The second kappa shape index (κ2) is 51.4. The van der Waals surface area contributed by atoms with Gasteiger partial charge < -0.3 is 28.7 Å². The molecule has 1 aliphatic rings. The molecule has 1 rings (SSSR count). The van der Waals surface area contributed by atoms with Crippen molar-refractivity contribution in [3.05, 3.63) is 0 Å². The molecule has 0 unspecified atom stereocenters. The lowest BCUT2D eigenvalue weighted by atomic mass is 9.92. The first kappa shape index (κ1) is 68.3. The SMILES string of the molecule is CC(C)CCCCCCCCCCCCCCOCC(COCCCCCCCCCCCCCCC(C)C)(COCCCCCCCCCCCCCCC(C)C)COC(=O)CCN1CCN(C)CC1. The highest BCUT2D eigenvalue weighted by Gasteiger charge is 2.34. The Morgan fingerprint density at radius 1 is 0.366 bits per heavy atom. The predicted molar refractivity (Wildman–Crippen MR) is 309 cm³/mol. The molecule has 0 N–H and O–H groups in total. The molecule has 0 bridgehead atoms. The second-order valence-corrected chi connectivity index (χ2v) is 24.5. The molecule has 1 aliphatic heterocycles. The average molecular weight is 1010 g/mol. The van der Waals surface area contributed by atoms with Gasteiger partial charge in [-0.1, -0.05) is 273 Å². The Kier molecular flexibility index (Phi) is 49.4. The lowest BCUT2D eigenvalue weighted by molar-refractivity contribution is -0.156. The Morgan fingerprint density at radius 2 is 0.620 bits per heavy atom. The van der Waals surface area contributed by atoms with Crippen LogP contribution >= 0.6 is 0 Å². The van der Waals surface area contributed by atoms with Crippen molar-refractivity contribution < 1.29 is 23.7 Å². The maximum Gasteiger partial charge on any atom is 0.307 e. The lowest BCUT2D eigenvalue weighted by Crippen LogP contribution is -2.45. The summed E-state index contributed by atoms with van der Waals surface area (Å²) >= 11 is 0. The number of hydrogen-bond donors (Lipinski definition) is 0. The normalized spacial score (nSPS) is 14.0. The minimum atomic E-state index is -0.499. The first-order chi connectivity index (χ1) is 34.6. The van der Waals surface area contributed by atoms with Crippen molar-refractivity contribution in [3.63, 3.8) is 0 Å². The van der Waals surface area contributed by atoms with E-state index in [9.17, 15) is 4.79 Å². The fraction of sp³-hybridized carbons (Fsp3) is 0.984. The van der Waals surface area contributed by atoms with Gasteiger partial charge in [-0.25, -0.2) is 0 Å². The molecule has 7 heteroatoms. The number of rotatable bonds is 56. The minimum absolute atomic E-state index is 0.113. The highest BCUT2D eigenvalue weighted by atomic mass is 16.5. The largest absolute Gasteiger partial charge is 0.465 e. The third kappa shape index (κ3) is 48.6. The third-order valence-corrected chi connectivity index (χ3v) is 15.5. The van der Waals surface area contributed by atoms with Crippen molar-refractivity contribution in [2.45, 2.75) is 298 Å². The topological polar surface area (TPSA) is 60.5 Å². The van der Waals surface area contributed by atoms with Crippen molar-refractivity contribution in [1.82, 2.24) is 9.80 Å². The first-order valence-corrected chi connectivity index (χ1v) is 31.9. The van der Waals surface area contributed by atoms with Crippen LogP contribution < -0.4 is 0 Å². The van der Waals surface area contributed by atoms with Gasteiger partial charge in [-0.3, -0.25) is 4.79 Å². The molecule has 0 radical (unpaired) electrons. The molecule has 0 aromatic heterocycles. The summed E-state index contributed by atoms with van der Waals surface area (Å²) in [6.07, 6.45) is 53.0. The summed E-state index contributed by atoms with van der Waals surface area (Å²) in [5.74, 6) is 2.44. The van der Waals surface area contributed by atoms with E-state index in [1.807, 2.05) is 0 Å². The third-order valence-electron chi connectivity index (χ3n) is 15.5. The van der Waals surface area contributed by atoms with E-state index in [1.165, 1.54) is 231 Å². The van der Waals surface area contributed by atoms with Crippen molar-refractivity contribution >= 4 is 5.97 Å². The lowest BCUT2D eigenvalue weighted by Gasteiger charge is -2.33. The number of nitrogens with zero attached hydrogens (tertiary/aromatic N) is 2. The zero-order chi connectivity index (χ0) is 51.6. The predicted octanol–water partition coefficient (Wildman–Crippen LogP) is 18.4. The van der Waals surface area contributed by atoms with Crippen LogP contribution in [0.15, 0.2) is 0 Å². The molecule has 0 aromatic rings. The van der Waals surface area contributed by atoms with Gasteiger partial charge in [0.2, 0.25) is 0 Å². The molecule has 0 aromatic carbocycles. The molecule has 424 valence electrons. The molecule has 1 saturated heterocycles. The van der Waals surface area contributed by atoms with Crippen LogP contribution in [-0.2, 0) is 23.7 Å². The summed E-state index contributed by atoms with van der Waals surface area (Å²) in [5, 5.41) is 0. The Labute approximate surface area is 445 Å². The molecular weight excluding hydrogens is 877 g/mol. The van der Waals surface area contributed by atoms with Crippen LogP contribution in [-0.4, -0.2) is 102 Å². The summed E-state index contributed by atoms with van der Waals surface area (Å²) in [6.45, 7) is 23.0.